The van der Waals surface area contributed by atoms with Crippen LogP contribution in [0.1, 0.15) is 27.0 Å². The molecule has 0 unspecified atom stereocenters. The van der Waals surface area contributed by atoms with Crippen molar-refractivity contribution in [1.82, 2.24) is 4.90 Å². The lowest BCUT2D eigenvalue weighted by atomic mass is 9.99. The Morgan fingerprint density at radius 3 is 2.18 bits per heavy atom. The third-order valence-corrected chi connectivity index (χ3v) is 7.99. The second kappa shape index (κ2) is 11.1. The lowest BCUT2D eigenvalue weighted by Crippen LogP contribution is -2.29. The van der Waals surface area contributed by atoms with Crippen molar-refractivity contribution in [3.05, 3.63) is 119 Å². The van der Waals surface area contributed by atoms with Gasteiger partial charge in [-0.1, -0.05) is 36.4 Å². The van der Waals surface area contributed by atoms with E-state index in [1.54, 1.807) is 43.5 Å². The number of sulfonamides is 1. The van der Waals surface area contributed by atoms with Gasteiger partial charge in [0.05, 0.1) is 12.0 Å². The minimum Gasteiger partial charge on any atom is -0.497 e. The van der Waals surface area contributed by atoms with E-state index < -0.39 is 10.0 Å². The van der Waals surface area contributed by atoms with Crippen molar-refractivity contribution >= 4 is 27.3 Å². The summed E-state index contributed by atoms with van der Waals surface area (Å²) in [4.78, 5) is 15.3. The highest BCUT2D eigenvalue weighted by atomic mass is 32.2. The van der Waals surface area contributed by atoms with Crippen LogP contribution < -0.4 is 14.8 Å². The second-order valence-corrected chi connectivity index (χ2v) is 10.9. The average Bonchev–Trinajstić information content (AvgIpc) is 2.94. The van der Waals surface area contributed by atoms with E-state index in [-0.39, 0.29) is 10.8 Å². The number of amides is 1. The molecule has 2 N–H and O–H groups in total. The predicted octanol–water partition coefficient (Wildman–Crippen LogP) is 5.31. The highest BCUT2D eigenvalue weighted by molar-refractivity contribution is 7.92. The molecule has 1 amide bonds. The summed E-state index contributed by atoms with van der Waals surface area (Å²) in [5.41, 5.74) is 5.43. The molecule has 0 aliphatic carbocycles. The second-order valence-electron chi connectivity index (χ2n) is 9.24. The molecule has 0 radical (unpaired) electrons. The Kier molecular flexibility index (Phi) is 7.44. The molecule has 194 valence electrons. The zero-order chi connectivity index (χ0) is 26.5. The van der Waals surface area contributed by atoms with Crippen LogP contribution >= 0.6 is 0 Å². The first kappa shape index (κ1) is 25.5. The molecule has 38 heavy (non-hydrogen) atoms. The molecule has 0 fully saturated rings. The Bertz CT molecular complexity index is 1520. The Morgan fingerprint density at radius 1 is 0.842 bits per heavy atom. The van der Waals surface area contributed by atoms with Gasteiger partial charge in [-0.2, -0.15) is 0 Å². The van der Waals surface area contributed by atoms with Gasteiger partial charge in [0, 0.05) is 36.6 Å². The van der Waals surface area contributed by atoms with E-state index in [0.29, 0.717) is 22.7 Å². The molecule has 1 aliphatic heterocycles. The molecule has 0 saturated carbocycles. The summed E-state index contributed by atoms with van der Waals surface area (Å²) in [6, 6.07) is 28.8. The molecule has 0 aromatic heterocycles. The normalized spacial score (nSPS) is 13.4. The first-order valence-corrected chi connectivity index (χ1v) is 13.8. The van der Waals surface area contributed by atoms with Gasteiger partial charge in [-0.05, 0) is 83.8 Å². The predicted molar refractivity (Wildman–Crippen MR) is 149 cm³/mol. The summed E-state index contributed by atoms with van der Waals surface area (Å²) in [5, 5.41) is 2.83. The van der Waals surface area contributed by atoms with Crippen LogP contribution in [0.4, 0.5) is 11.4 Å². The van der Waals surface area contributed by atoms with Crippen LogP contribution in [0.2, 0.25) is 0 Å². The highest BCUT2D eigenvalue weighted by Crippen LogP contribution is 2.22. The molecule has 8 heteroatoms. The molecular weight excluding hydrogens is 498 g/mol. The number of fused-ring (bicyclic) bond motifs is 1. The summed E-state index contributed by atoms with van der Waals surface area (Å²) in [7, 11) is -2.23. The third kappa shape index (κ3) is 6.04. The van der Waals surface area contributed by atoms with Crippen LogP contribution in [0.3, 0.4) is 0 Å². The van der Waals surface area contributed by atoms with Gasteiger partial charge in [0.15, 0.2) is 0 Å². The summed E-state index contributed by atoms with van der Waals surface area (Å²) < 4.78 is 33.1. The van der Waals surface area contributed by atoms with Gasteiger partial charge < -0.3 is 10.1 Å². The molecule has 4 aromatic rings. The number of rotatable bonds is 8. The van der Waals surface area contributed by atoms with Crippen LogP contribution in [0, 0.1) is 0 Å². The SMILES string of the molecule is COc1ccc(NS(=O)(=O)c2ccc(NC(=O)c3ccc(CN4CCc5ccccc5C4)cc3)cc2)cc1. The number of carbonyl (C=O) groups is 1. The smallest absolute Gasteiger partial charge is 0.261 e. The van der Waals surface area contributed by atoms with Crippen LogP contribution in [0.5, 0.6) is 5.75 Å². The van der Waals surface area contributed by atoms with E-state index in [0.717, 1.165) is 31.6 Å². The summed E-state index contributed by atoms with van der Waals surface area (Å²) >= 11 is 0. The van der Waals surface area contributed by atoms with E-state index in [1.165, 1.54) is 23.3 Å². The Balaban J connectivity index is 1.17. The van der Waals surface area contributed by atoms with E-state index in [2.05, 4.69) is 39.2 Å². The molecule has 0 saturated heterocycles. The Morgan fingerprint density at radius 2 is 1.50 bits per heavy atom. The molecule has 0 atom stereocenters. The van der Waals surface area contributed by atoms with Crippen LogP contribution in [-0.4, -0.2) is 32.9 Å². The number of carbonyl (C=O) groups excluding carboxylic acids is 1. The van der Waals surface area contributed by atoms with Crippen LogP contribution in [0.25, 0.3) is 0 Å². The lowest BCUT2D eigenvalue weighted by molar-refractivity contribution is 0.102. The lowest BCUT2D eigenvalue weighted by Gasteiger charge is -2.28. The van der Waals surface area contributed by atoms with Crippen LogP contribution in [0.15, 0.2) is 102 Å². The summed E-state index contributed by atoms with van der Waals surface area (Å²) in [6.45, 7) is 2.77. The van der Waals surface area contributed by atoms with Crippen molar-refractivity contribution < 1.29 is 17.9 Å². The molecular formula is C30H29N3O4S. The highest BCUT2D eigenvalue weighted by Gasteiger charge is 2.17. The number of anilines is 2. The van der Waals surface area contributed by atoms with Gasteiger partial charge in [-0.25, -0.2) is 8.42 Å². The molecule has 0 bridgehead atoms. The number of hydrogen-bond acceptors (Lipinski definition) is 5. The molecule has 4 aromatic carbocycles. The maximum absolute atomic E-state index is 12.8. The minimum absolute atomic E-state index is 0.0935. The number of benzene rings is 4. The zero-order valence-electron chi connectivity index (χ0n) is 21.1. The maximum Gasteiger partial charge on any atom is 0.261 e. The molecule has 5 rings (SSSR count). The quantitative estimate of drug-likeness (QED) is 0.324. The van der Waals surface area contributed by atoms with Crippen molar-refractivity contribution in [1.29, 1.82) is 0 Å². The largest absolute Gasteiger partial charge is 0.497 e. The Hall–Kier alpha value is -4.14. The van der Waals surface area contributed by atoms with Crippen molar-refractivity contribution in [3.8, 4) is 5.75 Å². The van der Waals surface area contributed by atoms with Crippen molar-refractivity contribution in [2.75, 3.05) is 23.7 Å². The van der Waals surface area contributed by atoms with Gasteiger partial charge in [-0.15, -0.1) is 0 Å². The topological polar surface area (TPSA) is 87.7 Å². The van der Waals surface area contributed by atoms with Crippen LogP contribution in [-0.2, 0) is 29.5 Å². The fourth-order valence-corrected chi connectivity index (χ4v) is 5.56. The fourth-order valence-electron chi connectivity index (χ4n) is 4.50. The van der Waals surface area contributed by atoms with Gasteiger partial charge in [-0.3, -0.25) is 14.4 Å². The summed E-state index contributed by atoms with van der Waals surface area (Å²) in [5.74, 6) is 0.381. The number of hydrogen-bond donors (Lipinski definition) is 2. The van der Waals surface area contributed by atoms with Crippen molar-refractivity contribution in [2.24, 2.45) is 0 Å². The van der Waals surface area contributed by atoms with Gasteiger partial charge in [0.2, 0.25) is 0 Å². The van der Waals surface area contributed by atoms with E-state index in [4.69, 9.17) is 4.74 Å². The number of nitrogens with zero attached hydrogens (tertiary/aromatic N) is 1. The Labute approximate surface area is 223 Å². The first-order chi connectivity index (χ1) is 18.4. The number of ether oxygens (including phenoxy) is 1. The van der Waals surface area contributed by atoms with Crippen molar-refractivity contribution in [3.63, 3.8) is 0 Å². The van der Waals surface area contributed by atoms with Crippen molar-refractivity contribution in [2.45, 2.75) is 24.4 Å². The molecule has 7 nitrogen and oxygen atoms in total. The minimum atomic E-state index is -3.77. The molecule has 1 heterocycles. The van der Waals surface area contributed by atoms with E-state index in [1.807, 2.05) is 24.3 Å². The molecule has 0 spiro atoms. The third-order valence-electron chi connectivity index (χ3n) is 6.60. The van der Waals surface area contributed by atoms with Gasteiger partial charge in [0.1, 0.15) is 5.75 Å². The zero-order valence-corrected chi connectivity index (χ0v) is 21.9. The van der Waals surface area contributed by atoms with E-state index >= 15 is 0 Å². The monoisotopic (exact) mass is 527 g/mol. The number of nitrogens with one attached hydrogen (secondary N) is 2. The maximum atomic E-state index is 12.8. The molecule has 1 aliphatic rings. The van der Waals surface area contributed by atoms with Gasteiger partial charge >= 0.3 is 0 Å². The number of methoxy groups -OCH3 is 1. The van der Waals surface area contributed by atoms with E-state index in [9.17, 15) is 13.2 Å². The fraction of sp³-hybridized carbons (Fsp3) is 0.167. The standard InChI is InChI=1S/C30H29N3O4S/c1-37-28-14-10-27(11-15-28)32-38(35,36)29-16-12-26(13-17-29)31-30(34)24-8-6-22(7-9-24)20-33-19-18-23-4-2-3-5-25(23)21-33/h2-17,32H,18-21H2,1H3,(H,31,34). The summed E-state index contributed by atoms with van der Waals surface area (Å²) in [6.07, 6.45) is 1.05. The van der Waals surface area contributed by atoms with Gasteiger partial charge in [0.25, 0.3) is 15.9 Å². The first-order valence-electron chi connectivity index (χ1n) is 12.4. The average molecular weight is 528 g/mol.